The van der Waals surface area contributed by atoms with Crippen LogP contribution in [0.15, 0.2) is 24.3 Å². The molecule has 0 aromatic heterocycles. The molecule has 0 radical (unpaired) electrons. The van der Waals surface area contributed by atoms with Gasteiger partial charge in [-0.1, -0.05) is 12.1 Å². The van der Waals surface area contributed by atoms with Gasteiger partial charge in [0.05, 0.1) is 13.2 Å². The molecule has 96 valence electrons. The van der Waals surface area contributed by atoms with E-state index in [0.29, 0.717) is 0 Å². The standard InChI is InChI=1S/C14H23NO2/c1-4-17-12(2)11-15-10-9-13-5-7-14(16-3)8-6-13/h5-8,12,15H,4,9-11H2,1-3H3. The summed E-state index contributed by atoms with van der Waals surface area (Å²) in [5, 5.41) is 3.39. The van der Waals surface area contributed by atoms with Crippen molar-refractivity contribution in [3.63, 3.8) is 0 Å². The van der Waals surface area contributed by atoms with E-state index in [-0.39, 0.29) is 6.10 Å². The fraction of sp³-hybridized carbons (Fsp3) is 0.571. The molecule has 0 aliphatic heterocycles. The van der Waals surface area contributed by atoms with Crippen LogP contribution in [0.5, 0.6) is 5.75 Å². The molecule has 0 heterocycles. The zero-order valence-electron chi connectivity index (χ0n) is 11.0. The molecule has 0 amide bonds. The third kappa shape index (κ3) is 5.71. The Kier molecular flexibility index (Phi) is 6.67. The zero-order chi connectivity index (χ0) is 12.5. The van der Waals surface area contributed by atoms with E-state index < -0.39 is 0 Å². The van der Waals surface area contributed by atoms with Crippen molar-refractivity contribution in [1.29, 1.82) is 0 Å². The first kappa shape index (κ1) is 14.0. The quantitative estimate of drug-likeness (QED) is 0.703. The number of ether oxygens (including phenoxy) is 2. The first-order valence-corrected chi connectivity index (χ1v) is 6.21. The van der Waals surface area contributed by atoms with Crippen molar-refractivity contribution >= 4 is 0 Å². The van der Waals surface area contributed by atoms with Gasteiger partial charge in [0.15, 0.2) is 0 Å². The van der Waals surface area contributed by atoms with E-state index in [0.717, 1.165) is 31.9 Å². The third-order valence-electron chi connectivity index (χ3n) is 2.63. The Morgan fingerprint density at radius 1 is 1.24 bits per heavy atom. The van der Waals surface area contributed by atoms with Crippen LogP contribution in [0.1, 0.15) is 19.4 Å². The van der Waals surface area contributed by atoms with Gasteiger partial charge in [0.1, 0.15) is 5.75 Å². The van der Waals surface area contributed by atoms with E-state index in [9.17, 15) is 0 Å². The number of rotatable bonds is 8. The smallest absolute Gasteiger partial charge is 0.118 e. The molecule has 0 fully saturated rings. The number of benzene rings is 1. The van der Waals surface area contributed by atoms with Gasteiger partial charge in [-0.3, -0.25) is 0 Å². The fourth-order valence-electron chi connectivity index (χ4n) is 1.67. The van der Waals surface area contributed by atoms with Crippen LogP contribution >= 0.6 is 0 Å². The number of hydrogen-bond donors (Lipinski definition) is 1. The van der Waals surface area contributed by atoms with Gasteiger partial charge in [-0.2, -0.15) is 0 Å². The summed E-state index contributed by atoms with van der Waals surface area (Å²) in [5.41, 5.74) is 1.32. The zero-order valence-corrected chi connectivity index (χ0v) is 11.0. The first-order valence-electron chi connectivity index (χ1n) is 6.21. The summed E-state index contributed by atoms with van der Waals surface area (Å²) < 4.78 is 10.6. The minimum atomic E-state index is 0.288. The summed E-state index contributed by atoms with van der Waals surface area (Å²) in [5.74, 6) is 0.909. The van der Waals surface area contributed by atoms with E-state index in [1.807, 2.05) is 19.1 Å². The van der Waals surface area contributed by atoms with Crippen LogP contribution in [0.25, 0.3) is 0 Å². The highest BCUT2D eigenvalue weighted by Crippen LogP contribution is 2.11. The molecule has 1 rings (SSSR count). The monoisotopic (exact) mass is 237 g/mol. The van der Waals surface area contributed by atoms with Crippen LogP contribution in [0.2, 0.25) is 0 Å². The van der Waals surface area contributed by atoms with Crippen LogP contribution in [-0.2, 0) is 11.2 Å². The number of hydrogen-bond acceptors (Lipinski definition) is 3. The van der Waals surface area contributed by atoms with Gasteiger partial charge in [-0.05, 0) is 44.5 Å². The summed E-state index contributed by atoms with van der Waals surface area (Å²) in [6.45, 7) is 6.77. The molecule has 0 aliphatic carbocycles. The summed E-state index contributed by atoms with van der Waals surface area (Å²) in [7, 11) is 1.69. The lowest BCUT2D eigenvalue weighted by molar-refractivity contribution is 0.0763. The Labute approximate surface area is 104 Å². The summed E-state index contributed by atoms with van der Waals surface area (Å²) in [6.07, 6.45) is 1.32. The Bertz CT molecular complexity index is 298. The van der Waals surface area contributed by atoms with Gasteiger partial charge in [0, 0.05) is 13.2 Å². The molecule has 0 saturated heterocycles. The minimum Gasteiger partial charge on any atom is -0.497 e. The molecule has 1 unspecified atom stereocenters. The van der Waals surface area contributed by atoms with E-state index in [4.69, 9.17) is 9.47 Å². The van der Waals surface area contributed by atoms with Crippen molar-refractivity contribution in [3.05, 3.63) is 29.8 Å². The fourth-order valence-corrected chi connectivity index (χ4v) is 1.67. The van der Waals surface area contributed by atoms with Gasteiger partial charge >= 0.3 is 0 Å². The lowest BCUT2D eigenvalue weighted by Crippen LogP contribution is -2.28. The molecule has 1 N–H and O–H groups in total. The van der Waals surface area contributed by atoms with Crippen molar-refractivity contribution in [2.24, 2.45) is 0 Å². The van der Waals surface area contributed by atoms with Crippen LogP contribution in [0, 0.1) is 0 Å². The van der Waals surface area contributed by atoms with Crippen molar-refractivity contribution in [2.75, 3.05) is 26.8 Å². The van der Waals surface area contributed by atoms with E-state index in [1.54, 1.807) is 7.11 Å². The van der Waals surface area contributed by atoms with Crippen molar-refractivity contribution in [3.8, 4) is 5.75 Å². The van der Waals surface area contributed by atoms with Gasteiger partial charge in [-0.15, -0.1) is 0 Å². The van der Waals surface area contributed by atoms with Crippen molar-refractivity contribution < 1.29 is 9.47 Å². The maximum absolute atomic E-state index is 5.45. The highest BCUT2D eigenvalue weighted by atomic mass is 16.5. The van der Waals surface area contributed by atoms with Crippen LogP contribution in [0.4, 0.5) is 0 Å². The molecular formula is C14H23NO2. The van der Waals surface area contributed by atoms with Crippen molar-refractivity contribution in [1.82, 2.24) is 5.32 Å². The first-order chi connectivity index (χ1) is 8.26. The minimum absolute atomic E-state index is 0.288. The molecule has 1 aromatic carbocycles. The van der Waals surface area contributed by atoms with Gasteiger partial charge in [-0.25, -0.2) is 0 Å². The third-order valence-corrected chi connectivity index (χ3v) is 2.63. The SMILES string of the molecule is CCOC(C)CNCCc1ccc(OC)cc1. The van der Waals surface area contributed by atoms with Gasteiger partial charge < -0.3 is 14.8 Å². The molecule has 3 heteroatoms. The van der Waals surface area contributed by atoms with Crippen LogP contribution < -0.4 is 10.1 Å². The van der Waals surface area contributed by atoms with Crippen LogP contribution in [0.3, 0.4) is 0 Å². The summed E-state index contributed by atoms with van der Waals surface area (Å²) in [4.78, 5) is 0. The number of methoxy groups -OCH3 is 1. The Morgan fingerprint density at radius 2 is 1.94 bits per heavy atom. The highest BCUT2D eigenvalue weighted by molar-refractivity contribution is 5.27. The van der Waals surface area contributed by atoms with E-state index in [1.165, 1.54) is 5.56 Å². The maximum atomic E-state index is 5.45. The number of nitrogens with one attached hydrogen (secondary N) is 1. The Hall–Kier alpha value is -1.06. The molecule has 0 aliphatic rings. The molecule has 1 atom stereocenters. The topological polar surface area (TPSA) is 30.5 Å². The molecule has 0 bridgehead atoms. The Morgan fingerprint density at radius 3 is 2.53 bits per heavy atom. The second kappa shape index (κ2) is 8.09. The van der Waals surface area contributed by atoms with Crippen molar-refractivity contribution in [2.45, 2.75) is 26.4 Å². The van der Waals surface area contributed by atoms with Gasteiger partial charge in [0.25, 0.3) is 0 Å². The second-order valence-electron chi connectivity index (χ2n) is 4.07. The lowest BCUT2D eigenvalue weighted by Gasteiger charge is -2.12. The predicted molar refractivity (Wildman–Crippen MR) is 70.7 cm³/mol. The molecule has 0 saturated carbocycles. The lowest BCUT2D eigenvalue weighted by atomic mass is 10.1. The summed E-state index contributed by atoms with van der Waals surface area (Å²) in [6, 6.07) is 8.20. The van der Waals surface area contributed by atoms with Gasteiger partial charge in [0.2, 0.25) is 0 Å². The summed E-state index contributed by atoms with van der Waals surface area (Å²) >= 11 is 0. The normalized spacial score (nSPS) is 12.4. The maximum Gasteiger partial charge on any atom is 0.118 e. The molecule has 3 nitrogen and oxygen atoms in total. The molecular weight excluding hydrogens is 214 g/mol. The Balaban J connectivity index is 2.17. The average molecular weight is 237 g/mol. The molecule has 1 aromatic rings. The van der Waals surface area contributed by atoms with E-state index >= 15 is 0 Å². The average Bonchev–Trinajstić information content (AvgIpc) is 2.36. The molecule has 0 spiro atoms. The molecule has 17 heavy (non-hydrogen) atoms. The largest absolute Gasteiger partial charge is 0.497 e. The van der Waals surface area contributed by atoms with Crippen LogP contribution in [-0.4, -0.2) is 32.9 Å². The highest BCUT2D eigenvalue weighted by Gasteiger charge is 1.99. The second-order valence-corrected chi connectivity index (χ2v) is 4.07. The predicted octanol–water partition coefficient (Wildman–Crippen LogP) is 2.25. The van der Waals surface area contributed by atoms with E-state index in [2.05, 4.69) is 24.4 Å².